The number of carbonyl (C=O) groups is 3. The third-order valence-electron chi connectivity index (χ3n) is 5.56. The molecule has 0 unspecified atom stereocenters. The fourth-order valence-corrected chi connectivity index (χ4v) is 5.57. The van der Waals surface area contributed by atoms with Crippen molar-refractivity contribution in [2.75, 3.05) is 12.3 Å². The highest BCUT2D eigenvalue weighted by Gasteiger charge is 2.54. The third kappa shape index (κ3) is 7.73. The molecule has 0 aromatic carbocycles. The molecule has 24 heteroatoms. The number of aromatic nitrogens is 2. The summed E-state index contributed by atoms with van der Waals surface area (Å²) in [4.78, 5) is 57.4. The van der Waals surface area contributed by atoms with Crippen molar-refractivity contribution in [2.24, 2.45) is 5.16 Å². The van der Waals surface area contributed by atoms with E-state index >= 15 is 0 Å². The number of pyridine rings is 1. The van der Waals surface area contributed by atoms with Crippen LogP contribution < -0.4 is 26.1 Å². The summed E-state index contributed by atoms with van der Waals surface area (Å²) in [6.45, 7) is 0.556. The lowest BCUT2D eigenvalue weighted by atomic mass is 9.98. The van der Waals surface area contributed by atoms with Crippen LogP contribution in [0.15, 0.2) is 27.5 Å². The predicted octanol–water partition coefficient (Wildman–Crippen LogP) is -3.46. The van der Waals surface area contributed by atoms with Gasteiger partial charge in [-0.2, -0.15) is 26.3 Å². The van der Waals surface area contributed by atoms with E-state index < -0.39 is 86.1 Å². The van der Waals surface area contributed by atoms with Crippen molar-refractivity contribution in [1.29, 1.82) is 0 Å². The summed E-state index contributed by atoms with van der Waals surface area (Å²) in [6.07, 6.45) is 0. The van der Waals surface area contributed by atoms with Gasteiger partial charge in [0.25, 0.3) is 27.6 Å². The molecule has 9 N–H and O–H groups in total. The zero-order chi connectivity index (χ0) is 32.5. The van der Waals surface area contributed by atoms with Crippen molar-refractivity contribution in [3.63, 3.8) is 0 Å². The van der Waals surface area contributed by atoms with Crippen molar-refractivity contribution in [3.05, 3.63) is 39.3 Å². The molecular weight excluding hydrogens is 644 g/mol. The van der Waals surface area contributed by atoms with Crippen LogP contribution in [0.3, 0.4) is 0 Å². The molecule has 1 fully saturated rings. The molecule has 43 heavy (non-hydrogen) atoms. The number of β-lactam (4-membered cyclic amide) rings is 1. The molecule has 0 bridgehead atoms. The lowest BCUT2D eigenvalue weighted by molar-refractivity contribution is -0.161. The number of anilines is 1. The summed E-state index contributed by atoms with van der Waals surface area (Å²) < 4.78 is 61.7. The minimum Gasteiger partial charge on any atom is -0.508 e. The Morgan fingerprint density at radius 2 is 1.86 bits per heavy atom. The Hall–Kier alpha value is -4.36. The van der Waals surface area contributed by atoms with Crippen LogP contribution in [0.25, 0.3) is 0 Å². The Labute approximate surface area is 245 Å². The number of hydrogen-bond acceptors (Lipinski definition) is 15. The maximum Gasteiger partial charge on any atom is 0.362 e. The molecule has 236 valence electrons. The van der Waals surface area contributed by atoms with Gasteiger partial charge in [-0.05, 0) is 13.8 Å². The number of aromatic hydroxyl groups is 1. The van der Waals surface area contributed by atoms with E-state index in [1.165, 1.54) is 5.38 Å². The van der Waals surface area contributed by atoms with Gasteiger partial charge in [0.05, 0.1) is 18.3 Å². The average molecular weight is 669 g/mol. The van der Waals surface area contributed by atoms with Crippen molar-refractivity contribution < 1.29 is 56.0 Å². The monoisotopic (exact) mass is 668 g/mol. The Bertz CT molecular complexity index is 1750. The van der Waals surface area contributed by atoms with Gasteiger partial charge in [0.15, 0.2) is 10.8 Å². The van der Waals surface area contributed by atoms with E-state index in [1.807, 2.05) is 9.44 Å². The van der Waals surface area contributed by atoms with E-state index in [9.17, 15) is 56.0 Å². The van der Waals surface area contributed by atoms with Gasteiger partial charge in [0.1, 0.15) is 17.5 Å². The first-order valence-electron chi connectivity index (χ1n) is 11.4. The number of nitrogens with two attached hydrogens (primary N) is 1. The summed E-state index contributed by atoms with van der Waals surface area (Å²) in [5, 5.41) is 35.3. The average Bonchev–Trinajstić information content (AvgIpc) is 3.30. The highest BCUT2D eigenvalue weighted by molar-refractivity contribution is 7.87. The topological polar surface area (TPSA) is 322 Å². The zero-order valence-corrected chi connectivity index (χ0v) is 24.3. The Morgan fingerprint density at radius 1 is 1.21 bits per heavy atom. The van der Waals surface area contributed by atoms with Crippen molar-refractivity contribution in [2.45, 2.75) is 38.1 Å². The van der Waals surface area contributed by atoms with Crippen LogP contribution in [-0.4, -0.2) is 98.6 Å². The highest BCUT2D eigenvalue weighted by atomic mass is 32.2. The number of carboxylic acids is 1. The molecule has 0 spiro atoms. The molecule has 3 heterocycles. The number of amides is 2. The number of nitrogen functional groups attached to an aromatic ring is 1. The molecule has 1 saturated heterocycles. The van der Waals surface area contributed by atoms with Gasteiger partial charge in [-0.25, -0.2) is 18.8 Å². The molecule has 21 nitrogen and oxygen atoms in total. The SMILES string of the molecule is CC(C)(O/N=C(\C(=O)N[C@@H]1C(=O)N(S(=O)(=O)O)[C@@H]1CNS(=O)(=O)NCc1cc(O)cc(=O)n1O)c1csc(N)n1)C(=O)O. The van der Waals surface area contributed by atoms with Crippen molar-refractivity contribution >= 4 is 60.5 Å². The van der Waals surface area contributed by atoms with Crippen LogP contribution in [0.1, 0.15) is 25.2 Å². The van der Waals surface area contributed by atoms with Gasteiger partial charge >= 0.3 is 16.3 Å². The smallest absolute Gasteiger partial charge is 0.362 e. The predicted molar refractivity (Wildman–Crippen MR) is 143 cm³/mol. The maximum absolute atomic E-state index is 13.1. The summed E-state index contributed by atoms with van der Waals surface area (Å²) in [6, 6.07) is -1.99. The number of aliphatic carboxylic acids is 1. The fourth-order valence-electron chi connectivity index (χ4n) is 3.31. The second-order valence-corrected chi connectivity index (χ2v) is 12.8. The number of hydrogen-bond donors (Lipinski definition) is 8. The minimum atomic E-state index is -5.25. The molecule has 2 atom stereocenters. The van der Waals surface area contributed by atoms with E-state index in [4.69, 9.17) is 10.6 Å². The normalized spacial score (nSPS) is 17.8. The minimum absolute atomic E-state index is 0.0334. The Balaban J connectivity index is 1.81. The van der Waals surface area contributed by atoms with Crippen LogP contribution in [0.5, 0.6) is 5.75 Å². The largest absolute Gasteiger partial charge is 0.508 e. The first kappa shape index (κ1) is 33.1. The van der Waals surface area contributed by atoms with Gasteiger partial charge < -0.3 is 31.3 Å². The number of nitrogens with zero attached hydrogens (tertiary/aromatic N) is 4. The lowest BCUT2D eigenvalue weighted by Gasteiger charge is -2.44. The molecular formula is C19H24N8O13S3. The summed E-state index contributed by atoms with van der Waals surface area (Å²) in [5.41, 5.74) is 1.29. The zero-order valence-electron chi connectivity index (χ0n) is 21.9. The second-order valence-electron chi connectivity index (χ2n) is 9.08. The lowest BCUT2D eigenvalue weighted by Crippen LogP contribution is -2.74. The van der Waals surface area contributed by atoms with E-state index in [2.05, 4.69) is 15.5 Å². The summed E-state index contributed by atoms with van der Waals surface area (Å²) >= 11 is 0.864. The Kier molecular flexibility index (Phi) is 9.32. The standard InChI is InChI=1S/C19H24N8O13S3/c1-19(2,17(32)33)40-25-13(10-7-41-18(20)23-10)15(30)24-14-11(27(16(14)31)43(37,38)39)6-22-42(35,36)21-5-8-3-9(28)4-12(29)26(8)34/h3-4,7,11,14,21-22,28,34H,5-6H2,1-2H3,(H2,20,23)(H,24,30)(H,32,33)(H,37,38,39)/b25-13-/t11-,14+/m1/s1. The van der Waals surface area contributed by atoms with Crippen LogP contribution >= 0.6 is 11.3 Å². The number of carboxylic acid groups (broad SMARTS) is 1. The first-order valence-corrected chi connectivity index (χ1v) is 15.2. The van der Waals surface area contributed by atoms with Crippen LogP contribution in [0, 0.1) is 0 Å². The first-order chi connectivity index (χ1) is 19.7. The van der Waals surface area contributed by atoms with Gasteiger partial charge in [0.2, 0.25) is 5.60 Å². The number of thiazole rings is 1. The van der Waals surface area contributed by atoms with E-state index in [0.29, 0.717) is 6.07 Å². The molecule has 1 aliphatic heterocycles. The molecule has 3 rings (SSSR count). The van der Waals surface area contributed by atoms with Crippen LogP contribution in [0.4, 0.5) is 5.13 Å². The van der Waals surface area contributed by atoms with Gasteiger partial charge in [-0.3, -0.25) is 18.9 Å². The van der Waals surface area contributed by atoms with Gasteiger partial charge in [0, 0.05) is 24.1 Å². The number of oxime groups is 1. The number of nitrogens with one attached hydrogen (secondary N) is 3. The molecule has 2 aromatic rings. The Morgan fingerprint density at radius 3 is 2.42 bits per heavy atom. The quantitative estimate of drug-likeness (QED) is 0.0338. The van der Waals surface area contributed by atoms with E-state index in [1.54, 1.807) is 0 Å². The molecule has 1 aliphatic rings. The molecule has 2 amide bonds. The summed E-state index contributed by atoms with van der Waals surface area (Å²) in [7, 11) is -9.83. The number of rotatable bonds is 13. The summed E-state index contributed by atoms with van der Waals surface area (Å²) in [5.74, 6) is -4.65. The van der Waals surface area contributed by atoms with Gasteiger partial charge in [-0.15, -0.1) is 11.3 Å². The van der Waals surface area contributed by atoms with Gasteiger partial charge in [-0.1, -0.05) is 5.16 Å². The van der Waals surface area contributed by atoms with Crippen molar-refractivity contribution in [3.8, 4) is 5.75 Å². The molecule has 0 saturated carbocycles. The number of carbonyl (C=O) groups excluding carboxylic acids is 2. The fraction of sp³-hybridized carbons (Fsp3) is 0.368. The van der Waals surface area contributed by atoms with Crippen LogP contribution in [-0.2, 0) is 46.3 Å². The molecule has 0 aliphatic carbocycles. The molecule has 2 aromatic heterocycles. The second kappa shape index (κ2) is 12.1. The highest BCUT2D eigenvalue weighted by Crippen LogP contribution is 2.24. The van der Waals surface area contributed by atoms with Crippen molar-refractivity contribution in [1.82, 2.24) is 28.8 Å². The van der Waals surface area contributed by atoms with E-state index in [-0.39, 0.29) is 25.6 Å². The van der Waals surface area contributed by atoms with E-state index in [0.717, 1.165) is 31.3 Å². The molecule has 0 radical (unpaired) electrons. The van der Waals surface area contributed by atoms with Crippen LogP contribution in [0.2, 0.25) is 0 Å². The maximum atomic E-state index is 13.1. The third-order valence-corrected chi connectivity index (χ3v) is 8.25.